The average Bonchev–Trinajstić information content (AvgIpc) is 2.71. The fraction of sp³-hybridized carbons (Fsp3) is 0.308. The molecule has 2 rings (SSSR count). The second kappa shape index (κ2) is 4.47. The molecule has 1 aromatic heterocycles. The topological polar surface area (TPSA) is 52.3 Å². The highest BCUT2D eigenvalue weighted by Crippen LogP contribution is 2.28. The molecule has 0 aliphatic heterocycles. The third-order valence-electron chi connectivity index (χ3n) is 2.77. The summed E-state index contributed by atoms with van der Waals surface area (Å²) < 4.78 is 5.93. The van der Waals surface area contributed by atoms with Crippen LogP contribution in [0.2, 0.25) is 0 Å². The minimum atomic E-state index is -0.974. The van der Waals surface area contributed by atoms with Gasteiger partial charge in [-0.3, -0.25) is 4.79 Å². The zero-order chi connectivity index (χ0) is 12.5. The van der Waals surface area contributed by atoms with Gasteiger partial charge in [-0.25, -0.2) is 0 Å². The predicted octanol–water partition coefficient (Wildman–Crippen LogP) is 2.33. The lowest BCUT2D eigenvalue weighted by Gasteiger charge is -2.20. The molecular weight excluding hydrogens is 234 g/mol. The minimum Gasteiger partial charge on any atom is -0.468 e. The van der Waals surface area contributed by atoms with Crippen LogP contribution in [0.15, 0.2) is 29.6 Å². The van der Waals surface area contributed by atoms with E-state index in [4.69, 9.17) is 10.5 Å². The maximum Gasteiger partial charge on any atom is 0.325 e. The first-order valence-corrected chi connectivity index (χ1v) is 6.25. The van der Waals surface area contributed by atoms with E-state index in [1.165, 1.54) is 11.8 Å². The monoisotopic (exact) mass is 249 g/mol. The molecule has 0 amide bonds. The number of nitrogens with two attached hydrogens (primary N) is 1. The second-order valence-electron chi connectivity index (χ2n) is 4.34. The molecule has 2 aromatic rings. The lowest BCUT2D eigenvalue weighted by Crippen LogP contribution is -2.47. The van der Waals surface area contributed by atoms with Gasteiger partial charge in [-0.15, -0.1) is 11.3 Å². The molecule has 0 saturated carbocycles. The van der Waals surface area contributed by atoms with Crippen molar-refractivity contribution < 1.29 is 9.53 Å². The molecule has 1 aromatic carbocycles. The third kappa shape index (κ3) is 2.33. The summed E-state index contributed by atoms with van der Waals surface area (Å²) in [5.41, 5.74) is 6.11. The van der Waals surface area contributed by atoms with Crippen LogP contribution in [0, 0.1) is 0 Å². The average molecular weight is 249 g/mol. The van der Waals surface area contributed by atoms with Gasteiger partial charge in [0.2, 0.25) is 0 Å². The van der Waals surface area contributed by atoms with Gasteiger partial charge in [0.1, 0.15) is 5.54 Å². The van der Waals surface area contributed by atoms with Crippen LogP contribution in [0.4, 0.5) is 0 Å². The van der Waals surface area contributed by atoms with E-state index in [1.54, 1.807) is 18.3 Å². The zero-order valence-electron chi connectivity index (χ0n) is 9.90. The van der Waals surface area contributed by atoms with E-state index in [9.17, 15) is 4.79 Å². The van der Waals surface area contributed by atoms with Crippen molar-refractivity contribution in [2.24, 2.45) is 5.73 Å². The molecule has 4 heteroatoms. The Labute approximate surface area is 104 Å². The lowest BCUT2D eigenvalue weighted by atomic mass is 9.94. The van der Waals surface area contributed by atoms with Crippen molar-refractivity contribution in [1.29, 1.82) is 0 Å². The molecule has 1 unspecified atom stereocenters. The molecule has 2 N–H and O–H groups in total. The van der Waals surface area contributed by atoms with E-state index < -0.39 is 5.54 Å². The summed E-state index contributed by atoms with van der Waals surface area (Å²) in [5, 5.41) is 3.22. The van der Waals surface area contributed by atoms with Crippen molar-refractivity contribution in [1.82, 2.24) is 0 Å². The summed E-state index contributed by atoms with van der Waals surface area (Å²) in [7, 11) is 1.36. The zero-order valence-corrected chi connectivity index (χ0v) is 10.7. The smallest absolute Gasteiger partial charge is 0.325 e. The fourth-order valence-electron chi connectivity index (χ4n) is 1.87. The highest BCUT2D eigenvalue weighted by molar-refractivity contribution is 7.17. The molecule has 1 atom stereocenters. The maximum atomic E-state index is 11.6. The number of hydrogen-bond acceptors (Lipinski definition) is 4. The number of hydrogen-bond donors (Lipinski definition) is 1. The number of esters is 1. The minimum absolute atomic E-state index is 0.382. The number of carbonyl (C=O) groups excluding carboxylic acids is 1. The van der Waals surface area contributed by atoms with Crippen LogP contribution >= 0.6 is 11.3 Å². The van der Waals surface area contributed by atoms with Crippen LogP contribution in [0.25, 0.3) is 10.1 Å². The van der Waals surface area contributed by atoms with Crippen molar-refractivity contribution in [2.45, 2.75) is 18.9 Å². The summed E-state index contributed by atoms with van der Waals surface area (Å²) in [6.45, 7) is 1.70. The number of ether oxygens (including phenoxy) is 1. The Kier molecular flexibility index (Phi) is 3.17. The van der Waals surface area contributed by atoms with Gasteiger partial charge in [0, 0.05) is 11.1 Å². The Balaban J connectivity index is 2.33. The molecule has 0 aliphatic rings. The summed E-state index contributed by atoms with van der Waals surface area (Å²) in [5.74, 6) is -0.382. The van der Waals surface area contributed by atoms with E-state index in [1.807, 2.05) is 12.1 Å². The summed E-state index contributed by atoms with van der Waals surface area (Å²) >= 11 is 1.67. The van der Waals surface area contributed by atoms with Crippen molar-refractivity contribution in [3.8, 4) is 0 Å². The van der Waals surface area contributed by atoms with Crippen LogP contribution in [0.3, 0.4) is 0 Å². The Hall–Kier alpha value is -1.39. The molecule has 1 heterocycles. The highest BCUT2D eigenvalue weighted by Gasteiger charge is 2.30. The van der Waals surface area contributed by atoms with E-state index in [2.05, 4.69) is 17.5 Å². The predicted molar refractivity (Wildman–Crippen MR) is 70.1 cm³/mol. The molecule has 90 valence electrons. The summed E-state index contributed by atoms with van der Waals surface area (Å²) in [4.78, 5) is 11.6. The quantitative estimate of drug-likeness (QED) is 0.849. The van der Waals surface area contributed by atoms with Gasteiger partial charge < -0.3 is 10.5 Å². The number of fused-ring (bicyclic) bond motifs is 1. The Morgan fingerprint density at radius 2 is 2.18 bits per heavy atom. The summed E-state index contributed by atoms with van der Waals surface area (Å²) in [6, 6.07) is 8.11. The second-order valence-corrected chi connectivity index (χ2v) is 5.25. The molecule has 17 heavy (non-hydrogen) atoms. The van der Waals surface area contributed by atoms with E-state index >= 15 is 0 Å². The van der Waals surface area contributed by atoms with Gasteiger partial charge in [0.15, 0.2) is 0 Å². The SMILES string of the molecule is COC(=O)C(C)(N)Cc1csc2ccccc12. The maximum absolute atomic E-state index is 11.6. The van der Waals surface area contributed by atoms with Crippen LogP contribution in [-0.2, 0) is 16.0 Å². The van der Waals surface area contributed by atoms with Gasteiger partial charge in [-0.1, -0.05) is 18.2 Å². The number of thiophene rings is 1. The van der Waals surface area contributed by atoms with Gasteiger partial charge in [-0.2, -0.15) is 0 Å². The number of benzene rings is 1. The number of carbonyl (C=O) groups is 1. The van der Waals surface area contributed by atoms with Crippen molar-refractivity contribution in [3.63, 3.8) is 0 Å². The van der Waals surface area contributed by atoms with Crippen molar-refractivity contribution in [3.05, 3.63) is 35.2 Å². The van der Waals surface area contributed by atoms with Crippen LogP contribution in [-0.4, -0.2) is 18.6 Å². The first-order chi connectivity index (χ1) is 8.04. The lowest BCUT2D eigenvalue weighted by molar-refractivity contribution is -0.146. The molecule has 0 spiro atoms. The van der Waals surface area contributed by atoms with Gasteiger partial charge in [-0.05, 0) is 29.3 Å². The number of rotatable bonds is 3. The molecular formula is C13H15NO2S. The standard InChI is InChI=1S/C13H15NO2S/c1-13(14,12(15)16-2)7-9-8-17-11-6-4-3-5-10(9)11/h3-6,8H,7,14H2,1-2H3. The van der Waals surface area contributed by atoms with Crippen LogP contribution in [0.1, 0.15) is 12.5 Å². The van der Waals surface area contributed by atoms with Crippen LogP contribution in [0.5, 0.6) is 0 Å². The first-order valence-electron chi connectivity index (χ1n) is 5.37. The van der Waals surface area contributed by atoms with E-state index in [0.29, 0.717) is 6.42 Å². The van der Waals surface area contributed by atoms with Gasteiger partial charge >= 0.3 is 5.97 Å². The summed E-state index contributed by atoms with van der Waals surface area (Å²) in [6.07, 6.45) is 0.490. The highest BCUT2D eigenvalue weighted by atomic mass is 32.1. The first kappa shape index (κ1) is 12.1. The van der Waals surface area contributed by atoms with Gasteiger partial charge in [0.05, 0.1) is 7.11 Å². The van der Waals surface area contributed by atoms with E-state index in [0.717, 1.165) is 10.9 Å². The largest absolute Gasteiger partial charge is 0.468 e. The Bertz CT molecular complexity index is 545. The normalized spacial score (nSPS) is 14.5. The molecule has 0 aliphatic carbocycles. The molecule has 0 radical (unpaired) electrons. The van der Waals surface area contributed by atoms with Gasteiger partial charge in [0.25, 0.3) is 0 Å². The van der Waals surface area contributed by atoms with Crippen molar-refractivity contribution >= 4 is 27.4 Å². The van der Waals surface area contributed by atoms with Crippen molar-refractivity contribution in [2.75, 3.05) is 7.11 Å². The molecule has 0 saturated heterocycles. The number of methoxy groups -OCH3 is 1. The molecule has 0 bridgehead atoms. The molecule has 3 nitrogen and oxygen atoms in total. The fourth-order valence-corrected chi connectivity index (χ4v) is 2.83. The van der Waals surface area contributed by atoms with Crippen LogP contribution < -0.4 is 5.73 Å². The molecule has 0 fully saturated rings. The third-order valence-corrected chi connectivity index (χ3v) is 3.78. The Morgan fingerprint density at radius 3 is 2.88 bits per heavy atom. The Morgan fingerprint density at radius 1 is 1.47 bits per heavy atom. The van der Waals surface area contributed by atoms with E-state index in [-0.39, 0.29) is 5.97 Å².